The highest BCUT2D eigenvalue weighted by molar-refractivity contribution is 6.76. The third-order valence-corrected chi connectivity index (χ3v) is 8.72. The molecule has 4 aromatic rings. The summed E-state index contributed by atoms with van der Waals surface area (Å²) < 4.78 is 29.0. The number of rotatable bonds is 9. The van der Waals surface area contributed by atoms with Crippen LogP contribution in [0.4, 0.5) is 9.18 Å². The monoisotopic (exact) mass is 596 g/mol. The minimum Gasteiger partial charge on any atom is -0.478 e. The first-order valence-corrected chi connectivity index (χ1v) is 17.7. The molecule has 13 heteroatoms. The van der Waals surface area contributed by atoms with E-state index in [0.29, 0.717) is 54.2 Å². The van der Waals surface area contributed by atoms with Crippen LogP contribution in [0, 0.1) is 11.7 Å². The number of aromatic nitrogens is 5. The van der Waals surface area contributed by atoms with Crippen LogP contribution in [0.5, 0.6) is 0 Å². The van der Waals surface area contributed by atoms with Gasteiger partial charge in [0, 0.05) is 51.8 Å². The SMILES string of the molecule is CC(C)(C)OC(=O)N1CC(Cn2nc(-c3cnc4c(n3)c(C(=O)O)cn4COCC[Si](C)(C)C)c3ccc(F)cc32)C1. The lowest BCUT2D eigenvalue weighted by molar-refractivity contribution is -0.00365. The fourth-order valence-corrected chi connectivity index (χ4v) is 5.60. The van der Waals surface area contributed by atoms with Gasteiger partial charge >= 0.3 is 12.1 Å². The van der Waals surface area contributed by atoms with E-state index in [0.717, 1.165) is 6.04 Å². The highest BCUT2D eigenvalue weighted by atomic mass is 28.3. The number of carbonyl (C=O) groups is 2. The van der Waals surface area contributed by atoms with Crippen LogP contribution in [-0.2, 0) is 22.7 Å². The van der Waals surface area contributed by atoms with Crippen LogP contribution in [0.15, 0.2) is 30.6 Å². The second-order valence-electron chi connectivity index (χ2n) is 13.0. The molecule has 224 valence electrons. The van der Waals surface area contributed by atoms with E-state index < -0.39 is 25.5 Å². The van der Waals surface area contributed by atoms with Crippen LogP contribution in [0.25, 0.3) is 33.5 Å². The Hall–Kier alpha value is -3.84. The minimum absolute atomic E-state index is 0.0135. The lowest BCUT2D eigenvalue weighted by atomic mass is 10.0. The number of hydrogen-bond acceptors (Lipinski definition) is 7. The molecule has 0 atom stereocenters. The average Bonchev–Trinajstić information content (AvgIpc) is 3.39. The summed E-state index contributed by atoms with van der Waals surface area (Å²) >= 11 is 0. The maximum absolute atomic E-state index is 14.3. The number of hydrogen-bond donors (Lipinski definition) is 1. The number of fused-ring (bicyclic) bond motifs is 2. The Bertz CT molecular complexity index is 1650. The fourth-order valence-electron chi connectivity index (χ4n) is 4.84. The standard InChI is InChI=1S/C29H37FN6O5Si/c1-29(2,3)41-28(39)34-13-18(14-34)15-36-23-11-19(30)7-8-20(23)24(33-36)22-12-31-26-25(32-22)21(27(37)38)16-35(26)17-40-9-10-42(4,5)6/h7-8,11-12,16,18H,9-10,13-15,17H2,1-6H3,(H,37,38). The molecule has 11 nitrogen and oxygen atoms in total. The van der Waals surface area contributed by atoms with Crippen molar-refractivity contribution in [2.24, 2.45) is 5.92 Å². The van der Waals surface area contributed by atoms with Gasteiger partial charge in [-0.3, -0.25) is 4.68 Å². The molecule has 0 unspecified atom stereocenters. The summed E-state index contributed by atoms with van der Waals surface area (Å²) in [5.41, 5.74) is 1.49. The normalized spacial score (nSPS) is 14.5. The van der Waals surface area contributed by atoms with E-state index in [2.05, 4.69) is 29.6 Å². The molecular formula is C29H37FN6O5Si. The number of carbonyl (C=O) groups excluding carboxylic acids is 1. The van der Waals surface area contributed by atoms with Crippen molar-refractivity contribution in [1.82, 2.24) is 29.2 Å². The molecule has 5 rings (SSSR count). The molecule has 1 aliphatic heterocycles. The van der Waals surface area contributed by atoms with Crippen LogP contribution in [-0.4, -0.2) is 79.8 Å². The topological polar surface area (TPSA) is 125 Å². The molecule has 1 aliphatic rings. The van der Waals surface area contributed by atoms with Gasteiger partial charge in [0.15, 0.2) is 5.65 Å². The van der Waals surface area contributed by atoms with Gasteiger partial charge in [0.2, 0.25) is 0 Å². The van der Waals surface area contributed by atoms with Crippen LogP contribution in [0.1, 0.15) is 31.1 Å². The van der Waals surface area contributed by atoms with Gasteiger partial charge in [0.05, 0.1) is 11.7 Å². The Morgan fingerprint density at radius 3 is 2.60 bits per heavy atom. The lowest BCUT2D eigenvalue weighted by Gasteiger charge is -2.39. The number of nitrogens with zero attached hydrogens (tertiary/aromatic N) is 6. The number of halogens is 1. The van der Waals surface area contributed by atoms with Gasteiger partial charge in [0.1, 0.15) is 40.6 Å². The average molecular weight is 597 g/mol. The molecule has 0 radical (unpaired) electrons. The largest absolute Gasteiger partial charge is 0.478 e. The van der Waals surface area contributed by atoms with Crippen molar-refractivity contribution in [3.63, 3.8) is 0 Å². The zero-order valence-corrected chi connectivity index (χ0v) is 25.8. The molecule has 0 spiro atoms. The number of carboxylic acid groups (broad SMARTS) is 1. The van der Waals surface area contributed by atoms with Crippen LogP contribution in [0.3, 0.4) is 0 Å². The Labute approximate surface area is 244 Å². The first-order chi connectivity index (χ1) is 19.7. The van der Waals surface area contributed by atoms with Gasteiger partial charge < -0.3 is 24.0 Å². The summed E-state index contributed by atoms with van der Waals surface area (Å²) in [6.07, 6.45) is 2.68. The van der Waals surface area contributed by atoms with Gasteiger partial charge in [-0.1, -0.05) is 19.6 Å². The van der Waals surface area contributed by atoms with Crippen LogP contribution >= 0.6 is 0 Å². The van der Waals surface area contributed by atoms with Crippen molar-refractivity contribution in [2.45, 2.75) is 65.3 Å². The van der Waals surface area contributed by atoms with Crippen LogP contribution < -0.4 is 0 Å². The van der Waals surface area contributed by atoms with Crippen LogP contribution in [0.2, 0.25) is 25.7 Å². The summed E-state index contributed by atoms with van der Waals surface area (Å²) in [6.45, 7) is 14.5. The van der Waals surface area contributed by atoms with E-state index in [1.807, 2.05) is 20.8 Å². The predicted octanol–water partition coefficient (Wildman–Crippen LogP) is 5.46. The molecule has 1 fully saturated rings. The highest BCUT2D eigenvalue weighted by Gasteiger charge is 2.34. The number of carboxylic acids is 1. The molecule has 4 heterocycles. The highest BCUT2D eigenvalue weighted by Crippen LogP contribution is 2.31. The summed E-state index contributed by atoms with van der Waals surface area (Å²) in [5.74, 6) is -1.41. The Morgan fingerprint density at radius 2 is 1.93 bits per heavy atom. The Morgan fingerprint density at radius 1 is 1.19 bits per heavy atom. The first-order valence-electron chi connectivity index (χ1n) is 14.0. The maximum Gasteiger partial charge on any atom is 0.410 e. The number of ether oxygens (including phenoxy) is 2. The zero-order chi connectivity index (χ0) is 30.4. The molecule has 1 saturated heterocycles. The lowest BCUT2D eigenvalue weighted by Crippen LogP contribution is -2.52. The molecule has 1 aromatic carbocycles. The molecule has 3 aromatic heterocycles. The minimum atomic E-state index is -1.27. The molecule has 0 saturated carbocycles. The summed E-state index contributed by atoms with van der Waals surface area (Å²) in [7, 11) is -1.27. The van der Waals surface area contributed by atoms with Gasteiger partial charge in [-0.2, -0.15) is 5.10 Å². The second-order valence-corrected chi connectivity index (χ2v) is 18.7. The molecule has 1 amide bonds. The van der Waals surface area contributed by atoms with Crippen molar-refractivity contribution >= 4 is 42.2 Å². The smallest absolute Gasteiger partial charge is 0.410 e. The van der Waals surface area contributed by atoms with Crippen molar-refractivity contribution in [2.75, 3.05) is 19.7 Å². The van der Waals surface area contributed by atoms with Gasteiger partial charge in [-0.15, -0.1) is 0 Å². The number of likely N-dealkylation sites (tertiary alicyclic amines) is 1. The van der Waals surface area contributed by atoms with E-state index >= 15 is 0 Å². The van der Waals surface area contributed by atoms with E-state index in [9.17, 15) is 19.1 Å². The summed E-state index contributed by atoms with van der Waals surface area (Å²) in [4.78, 5) is 35.3. The van der Waals surface area contributed by atoms with Crippen molar-refractivity contribution in [1.29, 1.82) is 0 Å². The molecule has 42 heavy (non-hydrogen) atoms. The zero-order valence-electron chi connectivity index (χ0n) is 24.8. The van der Waals surface area contributed by atoms with Crippen molar-refractivity contribution in [3.8, 4) is 11.4 Å². The van der Waals surface area contributed by atoms with Gasteiger partial charge in [-0.25, -0.2) is 23.9 Å². The Balaban J connectivity index is 1.41. The number of benzene rings is 1. The van der Waals surface area contributed by atoms with Crippen molar-refractivity contribution < 1.29 is 28.6 Å². The fraction of sp³-hybridized carbons (Fsp3) is 0.483. The maximum atomic E-state index is 14.3. The molecular weight excluding hydrogens is 559 g/mol. The van der Waals surface area contributed by atoms with Gasteiger partial charge in [0.25, 0.3) is 0 Å². The Kier molecular flexibility index (Phi) is 7.83. The summed E-state index contributed by atoms with van der Waals surface area (Å²) in [6, 6.07) is 5.40. The van der Waals surface area contributed by atoms with Crippen molar-refractivity contribution in [3.05, 3.63) is 42.0 Å². The number of aromatic carboxylic acids is 1. The van der Waals surface area contributed by atoms with Gasteiger partial charge in [-0.05, 0) is 45.0 Å². The third-order valence-electron chi connectivity index (χ3n) is 7.02. The predicted molar refractivity (Wildman–Crippen MR) is 159 cm³/mol. The quantitative estimate of drug-likeness (QED) is 0.199. The molecule has 1 N–H and O–H groups in total. The van der Waals surface area contributed by atoms with E-state index in [1.165, 1.54) is 18.3 Å². The second kappa shape index (κ2) is 11.1. The van der Waals surface area contributed by atoms with E-state index in [1.54, 1.807) is 26.4 Å². The van der Waals surface area contributed by atoms with E-state index in [-0.39, 0.29) is 29.8 Å². The van der Waals surface area contributed by atoms with E-state index in [4.69, 9.17) is 14.6 Å². The number of amides is 1. The summed E-state index contributed by atoms with van der Waals surface area (Å²) in [5, 5.41) is 15.3. The first kappa shape index (κ1) is 29.6. The molecule has 0 bridgehead atoms. The third kappa shape index (κ3) is 6.46. The molecule has 0 aliphatic carbocycles.